The van der Waals surface area contributed by atoms with E-state index in [9.17, 15) is 12.8 Å². The van der Waals surface area contributed by atoms with Crippen molar-refractivity contribution in [1.29, 1.82) is 0 Å². The van der Waals surface area contributed by atoms with Crippen molar-refractivity contribution in [3.8, 4) is 28.3 Å². The summed E-state index contributed by atoms with van der Waals surface area (Å²) >= 11 is 0. The molecule has 0 saturated carbocycles. The average Bonchev–Trinajstić information content (AvgIpc) is 3.32. The molecule has 4 heterocycles. The van der Waals surface area contributed by atoms with Gasteiger partial charge >= 0.3 is 0 Å². The lowest BCUT2D eigenvalue weighted by Gasteiger charge is -2.14. The molecule has 0 fully saturated rings. The van der Waals surface area contributed by atoms with Crippen LogP contribution in [-0.4, -0.2) is 40.7 Å². The molecule has 9 nitrogen and oxygen atoms in total. The summed E-state index contributed by atoms with van der Waals surface area (Å²) in [5.41, 5.74) is 3.37. The minimum Gasteiger partial charge on any atom is -0.493 e. The van der Waals surface area contributed by atoms with E-state index in [0.29, 0.717) is 16.9 Å². The van der Waals surface area contributed by atoms with Gasteiger partial charge in [-0.2, -0.15) is 9.49 Å². The van der Waals surface area contributed by atoms with Crippen molar-refractivity contribution < 1.29 is 17.5 Å². The summed E-state index contributed by atoms with van der Waals surface area (Å²) in [7, 11) is -2.78. The van der Waals surface area contributed by atoms with E-state index in [-0.39, 0.29) is 28.4 Å². The van der Waals surface area contributed by atoms with Gasteiger partial charge in [0.25, 0.3) is 10.0 Å². The second-order valence-electron chi connectivity index (χ2n) is 7.84. The highest BCUT2D eigenvalue weighted by molar-refractivity contribution is 7.92. The number of aromatic nitrogens is 5. The molecule has 0 bridgehead atoms. The van der Waals surface area contributed by atoms with Crippen LogP contribution in [0.4, 0.5) is 10.2 Å². The molecule has 11 heteroatoms. The van der Waals surface area contributed by atoms with Gasteiger partial charge in [-0.15, -0.1) is 0 Å². The summed E-state index contributed by atoms with van der Waals surface area (Å²) in [6, 6.07) is 16.1. The molecule has 5 rings (SSSR count). The number of anilines is 1. The van der Waals surface area contributed by atoms with Crippen LogP contribution in [0.1, 0.15) is 12.5 Å². The minimum absolute atomic E-state index is 0.0110. The SMILES string of the molecule is CCc1c(S(=O)(=O)Nc2nc(-c3cnc4[nH]nc(-c5ccccc5)c4c3)ccc2OC)ccnc1F. The fourth-order valence-electron chi connectivity index (χ4n) is 3.91. The molecule has 182 valence electrons. The number of nitrogens with zero attached hydrogens (tertiary/aromatic N) is 4. The molecular weight excluding hydrogens is 483 g/mol. The van der Waals surface area contributed by atoms with Gasteiger partial charge in [0.2, 0.25) is 5.95 Å². The number of H-pyrrole nitrogens is 1. The van der Waals surface area contributed by atoms with Crippen molar-refractivity contribution in [2.45, 2.75) is 18.2 Å². The molecule has 0 spiro atoms. The van der Waals surface area contributed by atoms with E-state index in [1.165, 1.54) is 13.2 Å². The molecule has 0 atom stereocenters. The van der Waals surface area contributed by atoms with Gasteiger partial charge in [-0.25, -0.2) is 23.4 Å². The van der Waals surface area contributed by atoms with E-state index < -0.39 is 16.0 Å². The first-order valence-corrected chi connectivity index (χ1v) is 12.5. The van der Waals surface area contributed by atoms with Gasteiger partial charge in [0.15, 0.2) is 17.2 Å². The number of pyridine rings is 3. The van der Waals surface area contributed by atoms with Crippen molar-refractivity contribution in [2.75, 3.05) is 11.8 Å². The van der Waals surface area contributed by atoms with E-state index in [4.69, 9.17) is 4.74 Å². The maximum absolute atomic E-state index is 14.1. The fourth-order valence-corrected chi connectivity index (χ4v) is 5.21. The Morgan fingerprint density at radius 1 is 1.06 bits per heavy atom. The van der Waals surface area contributed by atoms with E-state index >= 15 is 0 Å². The van der Waals surface area contributed by atoms with Crippen molar-refractivity contribution >= 4 is 26.9 Å². The lowest BCUT2D eigenvalue weighted by atomic mass is 10.1. The van der Waals surface area contributed by atoms with Gasteiger partial charge in [0.1, 0.15) is 5.69 Å². The number of rotatable bonds is 7. The Labute approximate surface area is 206 Å². The first kappa shape index (κ1) is 23.4. The molecule has 0 unspecified atom stereocenters. The molecular formula is C25H21FN6O3S. The number of nitrogens with one attached hydrogen (secondary N) is 2. The number of methoxy groups -OCH3 is 1. The van der Waals surface area contributed by atoms with Crippen LogP contribution in [0.15, 0.2) is 71.9 Å². The van der Waals surface area contributed by atoms with Crippen LogP contribution in [0, 0.1) is 5.95 Å². The van der Waals surface area contributed by atoms with E-state index in [1.807, 2.05) is 36.4 Å². The standard InChI is InChI=1S/C25H21FN6O3S/c1-3-17-21(11-12-27-23(17)26)36(33,34)32-25-20(35-2)10-9-19(29-25)16-13-18-22(15-7-5-4-6-8-15)30-31-24(18)28-14-16/h4-14H,3H2,1-2H3,(H,29,32)(H,28,30,31). The molecule has 1 aromatic carbocycles. The number of benzene rings is 1. The third kappa shape index (κ3) is 4.24. The van der Waals surface area contributed by atoms with Crippen molar-refractivity contribution in [2.24, 2.45) is 0 Å². The summed E-state index contributed by atoms with van der Waals surface area (Å²) < 4.78 is 48.2. The lowest BCUT2D eigenvalue weighted by Crippen LogP contribution is -2.17. The van der Waals surface area contributed by atoms with Crippen LogP contribution < -0.4 is 9.46 Å². The van der Waals surface area contributed by atoms with Crippen molar-refractivity contribution in [1.82, 2.24) is 25.1 Å². The third-order valence-electron chi connectivity index (χ3n) is 5.67. The molecule has 0 saturated heterocycles. The molecule has 5 aromatic rings. The number of hydrogen-bond donors (Lipinski definition) is 2. The first-order chi connectivity index (χ1) is 17.4. The Morgan fingerprint density at radius 2 is 1.86 bits per heavy atom. The predicted octanol–water partition coefficient (Wildman–Crippen LogP) is 4.59. The zero-order valence-corrected chi connectivity index (χ0v) is 20.2. The molecule has 0 aliphatic heterocycles. The van der Waals surface area contributed by atoms with Gasteiger partial charge in [-0.3, -0.25) is 9.82 Å². The Kier molecular flexibility index (Phi) is 6.06. The number of hydrogen-bond acceptors (Lipinski definition) is 7. The second kappa shape index (κ2) is 9.34. The predicted molar refractivity (Wildman–Crippen MR) is 133 cm³/mol. The summed E-state index contributed by atoms with van der Waals surface area (Å²) in [5.74, 6) is -0.662. The quantitative estimate of drug-likeness (QED) is 0.311. The number of ether oxygens (including phenoxy) is 1. The van der Waals surface area contributed by atoms with Crippen LogP contribution in [-0.2, 0) is 16.4 Å². The largest absolute Gasteiger partial charge is 0.493 e. The number of aromatic amines is 1. The van der Waals surface area contributed by atoms with Gasteiger partial charge in [-0.05, 0) is 30.7 Å². The highest BCUT2D eigenvalue weighted by Crippen LogP contribution is 2.32. The van der Waals surface area contributed by atoms with Crippen molar-refractivity contribution in [3.63, 3.8) is 0 Å². The Balaban J connectivity index is 1.57. The minimum atomic E-state index is -4.18. The molecule has 0 radical (unpaired) electrons. The zero-order chi connectivity index (χ0) is 25.3. The molecule has 0 amide bonds. The highest BCUT2D eigenvalue weighted by Gasteiger charge is 2.23. The van der Waals surface area contributed by atoms with Crippen molar-refractivity contribution in [3.05, 3.63) is 78.5 Å². The van der Waals surface area contributed by atoms with Crippen LogP contribution >= 0.6 is 0 Å². The van der Waals surface area contributed by atoms with E-state index in [2.05, 4.69) is 29.9 Å². The van der Waals surface area contributed by atoms with Gasteiger partial charge in [-0.1, -0.05) is 37.3 Å². The number of halogens is 1. The molecule has 2 N–H and O–H groups in total. The monoisotopic (exact) mass is 504 g/mol. The van der Waals surface area contributed by atoms with Crippen LogP contribution in [0.25, 0.3) is 33.5 Å². The molecule has 36 heavy (non-hydrogen) atoms. The summed E-state index contributed by atoms with van der Waals surface area (Å²) in [5, 5.41) is 8.12. The normalized spacial score (nSPS) is 11.5. The summed E-state index contributed by atoms with van der Waals surface area (Å²) in [4.78, 5) is 12.3. The lowest BCUT2D eigenvalue weighted by molar-refractivity contribution is 0.415. The maximum Gasteiger partial charge on any atom is 0.263 e. The van der Waals surface area contributed by atoms with E-state index in [0.717, 1.165) is 22.8 Å². The fraction of sp³-hybridized carbons (Fsp3) is 0.120. The maximum atomic E-state index is 14.1. The number of sulfonamides is 1. The van der Waals surface area contributed by atoms with Crippen LogP contribution in [0.5, 0.6) is 5.75 Å². The number of fused-ring (bicyclic) bond motifs is 1. The van der Waals surface area contributed by atoms with Crippen LogP contribution in [0.3, 0.4) is 0 Å². The zero-order valence-electron chi connectivity index (χ0n) is 19.4. The average molecular weight is 505 g/mol. The van der Waals surface area contributed by atoms with Gasteiger partial charge in [0, 0.05) is 34.5 Å². The summed E-state index contributed by atoms with van der Waals surface area (Å²) in [6.07, 6.45) is 2.89. The second-order valence-corrected chi connectivity index (χ2v) is 9.49. The third-order valence-corrected chi connectivity index (χ3v) is 7.10. The Morgan fingerprint density at radius 3 is 2.61 bits per heavy atom. The smallest absolute Gasteiger partial charge is 0.263 e. The molecule has 0 aliphatic carbocycles. The van der Waals surface area contributed by atoms with Gasteiger partial charge < -0.3 is 4.74 Å². The topological polar surface area (TPSA) is 123 Å². The molecule has 0 aliphatic rings. The first-order valence-electron chi connectivity index (χ1n) is 11.0. The Hall–Kier alpha value is -4.38. The molecule has 4 aromatic heterocycles. The Bertz CT molecular complexity index is 1670. The van der Waals surface area contributed by atoms with E-state index in [1.54, 1.807) is 25.3 Å². The summed E-state index contributed by atoms with van der Waals surface area (Å²) in [6.45, 7) is 1.65. The highest BCUT2D eigenvalue weighted by atomic mass is 32.2. The van der Waals surface area contributed by atoms with Crippen LogP contribution in [0.2, 0.25) is 0 Å². The van der Waals surface area contributed by atoms with Gasteiger partial charge in [0.05, 0.1) is 17.7 Å².